The molecular formula is C22H18BrN5O2. The molecule has 0 bridgehead atoms. The van der Waals surface area contributed by atoms with E-state index in [-0.39, 0.29) is 18.0 Å². The number of hydrogen-bond donors (Lipinski definition) is 1. The van der Waals surface area contributed by atoms with Crippen LogP contribution in [0, 0.1) is 0 Å². The van der Waals surface area contributed by atoms with Gasteiger partial charge >= 0.3 is 0 Å². The second-order valence-corrected chi connectivity index (χ2v) is 7.54. The predicted molar refractivity (Wildman–Crippen MR) is 118 cm³/mol. The maximum absolute atomic E-state index is 12.6. The summed E-state index contributed by atoms with van der Waals surface area (Å²) in [6.07, 6.45) is 1.62. The number of halogens is 1. The van der Waals surface area contributed by atoms with Gasteiger partial charge in [0, 0.05) is 22.2 Å². The van der Waals surface area contributed by atoms with Gasteiger partial charge in [0.2, 0.25) is 5.91 Å². The Hall–Kier alpha value is -3.52. The fraction of sp³-hybridized carbons (Fsp3) is 0.0909. The van der Waals surface area contributed by atoms with Crippen molar-refractivity contribution in [3.05, 3.63) is 99.4 Å². The van der Waals surface area contributed by atoms with Crippen molar-refractivity contribution in [2.24, 2.45) is 0 Å². The third kappa shape index (κ3) is 4.72. The van der Waals surface area contributed by atoms with Gasteiger partial charge in [-0.15, -0.1) is 0 Å². The highest BCUT2D eigenvalue weighted by molar-refractivity contribution is 9.10. The third-order valence-corrected chi connectivity index (χ3v) is 4.99. The molecule has 0 radical (unpaired) electrons. The lowest BCUT2D eigenvalue weighted by Crippen LogP contribution is -2.30. The zero-order chi connectivity index (χ0) is 20.9. The van der Waals surface area contributed by atoms with Gasteiger partial charge in [0.25, 0.3) is 5.56 Å². The maximum Gasteiger partial charge on any atom is 0.267 e. The molecule has 30 heavy (non-hydrogen) atoms. The molecule has 2 aromatic heterocycles. The SMILES string of the molecule is O=C(Cn1nc(-c2ccccc2)ccc1=O)Nc1ccnn1Cc1ccc(Br)cc1. The van der Waals surface area contributed by atoms with Crippen LogP contribution in [0.15, 0.2) is 88.3 Å². The molecule has 2 heterocycles. The van der Waals surface area contributed by atoms with E-state index < -0.39 is 0 Å². The summed E-state index contributed by atoms with van der Waals surface area (Å²) in [5.41, 5.74) is 2.21. The summed E-state index contributed by atoms with van der Waals surface area (Å²) in [6, 6.07) is 22.2. The van der Waals surface area contributed by atoms with Gasteiger partial charge in [-0.1, -0.05) is 58.4 Å². The normalized spacial score (nSPS) is 10.7. The Morgan fingerprint density at radius 2 is 1.70 bits per heavy atom. The Morgan fingerprint density at radius 1 is 0.933 bits per heavy atom. The van der Waals surface area contributed by atoms with Gasteiger partial charge in [0.05, 0.1) is 18.4 Å². The average molecular weight is 464 g/mol. The largest absolute Gasteiger partial charge is 0.309 e. The van der Waals surface area contributed by atoms with Gasteiger partial charge in [-0.3, -0.25) is 9.59 Å². The van der Waals surface area contributed by atoms with Crippen molar-refractivity contribution in [2.75, 3.05) is 5.32 Å². The van der Waals surface area contributed by atoms with Crippen LogP contribution in [0.3, 0.4) is 0 Å². The minimum atomic E-state index is -0.354. The van der Waals surface area contributed by atoms with Crippen molar-refractivity contribution in [3.8, 4) is 11.3 Å². The molecule has 7 nitrogen and oxygen atoms in total. The highest BCUT2D eigenvalue weighted by Gasteiger charge is 2.11. The van der Waals surface area contributed by atoms with Crippen molar-refractivity contribution >= 4 is 27.7 Å². The molecule has 0 unspecified atom stereocenters. The average Bonchev–Trinajstić information content (AvgIpc) is 3.18. The molecule has 1 N–H and O–H groups in total. The van der Waals surface area contributed by atoms with Crippen LogP contribution in [0.1, 0.15) is 5.56 Å². The minimum Gasteiger partial charge on any atom is -0.309 e. The maximum atomic E-state index is 12.6. The van der Waals surface area contributed by atoms with Crippen LogP contribution in [0.4, 0.5) is 5.82 Å². The fourth-order valence-corrected chi connectivity index (χ4v) is 3.24. The van der Waals surface area contributed by atoms with Gasteiger partial charge in [-0.05, 0) is 23.8 Å². The molecule has 0 saturated carbocycles. The lowest BCUT2D eigenvalue weighted by molar-refractivity contribution is -0.117. The summed E-state index contributed by atoms with van der Waals surface area (Å²) in [4.78, 5) is 24.7. The van der Waals surface area contributed by atoms with Crippen LogP contribution in [-0.4, -0.2) is 25.5 Å². The van der Waals surface area contributed by atoms with Crippen molar-refractivity contribution < 1.29 is 4.79 Å². The molecule has 0 saturated heterocycles. The Morgan fingerprint density at radius 3 is 2.47 bits per heavy atom. The van der Waals surface area contributed by atoms with Crippen LogP contribution in [0.2, 0.25) is 0 Å². The molecule has 8 heteroatoms. The number of nitrogens with one attached hydrogen (secondary N) is 1. The van der Waals surface area contributed by atoms with Crippen molar-refractivity contribution in [3.63, 3.8) is 0 Å². The van der Waals surface area contributed by atoms with E-state index in [0.717, 1.165) is 20.3 Å². The topological polar surface area (TPSA) is 81.8 Å². The summed E-state index contributed by atoms with van der Waals surface area (Å²) < 4.78 is 3.85. The summed E-state index contributed by atoms with van der Waals surface area (Å²) in [5, 5.41) is 11.4. The Bertz CT molecular complexity index is 1220. The van der Waals surface area contributed by atoms with Gasteiger partial charge < -0.3 is 5.32 Å². The van der Waals surface area contributed by atoms with E-state index >= 15 is 0 Å². The fourth-order valence-electron chi connectivity index (χ4n) is 2.97. The number of carbonyl (C=O) groups is 1. The number of benzene rings is 2. The van der Waals surface area contributed by atoms with Gasteiger partial charge in [0.1, 0.15) is 12.4 Å². The minimum absolute atomic E-state index is 0.191. The molecular weight excluding hydrogens is 446 g/mol. The molecule has 1 amide bonds. The molecule has 0 spiro atoms. The zero-order valence-electron chi connectivity index (χ0n) is 15.9. The number of carbonyl (C=O) groups excluding carboxylic acids is 1. The number of nitrogens with zero attached hydrogens (tertiary/aromatic N) is 4. The zero-order valence-corrected chi connectivity index (χ0v) is 17.5. The smallest absolute Gasteiger partial charge is 0.267 e. The van der Waals surface area contributed by atoms with Crippen LogP contribution in [0.25, 0.3) is 11.3 Å². The predicted octanol–water partition coefficient (Wildman–Crippen LogP) is 3.56. The third-order valence-electron chi connectivity index (χ3n) is 4.46. The first-order valence-corrected chi connectivity index (χ1v) is 10.1. The first kappa shape index (κ1) is 19.8. The molecule has 0 aliphatic heterocycles. The Balaban J connectivity index is 1.48. The van der Waals surface area contributed by atoms with Crippen LogP contribution >= 0.6 is 15.9 Å². The first-order valence-electron chi connectivity index (χ1n) is 9.28. The van der Waals surface area contributed by atoms with Crippen LogP contribution in [-0.2, 0) is 17.9 Å². The highest BCUT2D eigenvalue weighted by atomic mass is 79.9. The van der Waals surface area contributed by atoms with Gasteiger partial charge in [0.15, 0.2) is 0 Å². The van der Waals surface area contributed by atoms with E-state index in [4.69, 9.17) is 0 Å². The van der Waals surface area contributed by atoms with E-state index in [1.54, 1.807) is 23.0 Å². The highest BCUT2D eigenvalue weighted by Crippen LogP contribution is 2.15. The first-order chi connectivity index (χ1) is 14.6. The van der Waals surface area contributed by atoms with Gasteiger partial charge in [-0.25, -0.2) is 9.36 Å². The quantitative estimate of drug-likeness (QED) is 0.473. The summed E-state index contributed by atoms with van der Waals surface area (Å²) in [5.74, 6) is 0.197. The second kappa shape index (κ2) is 8.87. The monoisotopic (exact) mass is 463 g/mol. The molecule has 2 aromatic carbocycles. The number of amides is 1. The molecule has 0 aliphatic carbocycles. The standard InChI is InChI=1S/C22H18BrN5O2/c23-18-8-6-16(7-9-18)14-27-20(12-13-24-27)25-21(29)15-28-22(30)11-10-19(26-28)17-4-2-1-3-5-17/h1-13H,14-15H2,(H,25,29). The number of hydrogen-bond acceptors (Lipinski definition) is 4. The molecule has 0 aliphatic rings. The lowest BCUT2D eigenvalue weighted by atomic mass is 10.1. The molecule has 150 valence electrons. The Kier molecular flexibility index (Phi) is 5.85. The van der Waals surface area contributed by atoms with Crippen molar-refractivity contribution in [1.82, 2.24) is 19.6 Å². The summed E-state index contributed by atoms with van der Waals surface area (Å²) >= 11 is 3.41. The van der Waals surface area contributed by atoms with E-state index in [0.29, 0.717) is 18.1 Å². The number of anilines is 1. The second-order valence-electron chi connectivity index (χ2n) is 6.63. The molecule has 4 aromatic rings. The van der Waals surface area contributed by atoms with Crippen molar-refractivity contribution in [1.29, 1.82) is 0 Å². The van der Waals surface area contributed by atoms with Gasteiger partial charge in [-0.2, -0.15) is 10.2 Å². The van der Waals surface area contributed by atoms with E-state index in [1.165, 1.54) is 6.07 Å². The molecule has 4 rings (SSSR count). The van der Waals surface area contributed by atoms with Crippen LogP contribution in [0.5, 0.6) is 0 Å². The van der Waals surface area contributed by atoms with Crippen molar-refractivity contribution in [2.45, 2.75) is 13.1 Å². The van der Waals surface area contributed by atoms with E-state index in [9.17, 15) is 9.59 Å². The lowest BCUT2D eigenvalue weighted by Gasteiger charge is -2.10. The molecule has 0 fully saturated rings. The summed E-state index contributed by atoms with van der Waals surface area (Å²) in [6.45, 7) is 0.320. The number of aromatic nitrogens is 4. The molecule has 0 atom stereocenters. The Labute approximate surface area is 181 Å². The van der Waals surface area contributed by atoms with E-state index in [2.05, 4.69) is 31.4 Å². The van der Waals surface area contributed by atoms with Crippen LogP contribution < -0.4 is 10.9 Å². The number of rotatable bonds is 6. The summed E-state index contributed by atoms with van der Waals surface area (Å²) in [7, 11) is 0. The van der Waals surface area contributed by atoms with E-state index in [1.807, 2.05) is 54.6 Å².